The molecule has 0 saturated heterocycles. The Hall–Kier alpha value is -2.69. The van der Waals surface area contributed by atoms with E-state index in [1.54, 1.807) is 37.4 Å². The number of aromatic hydroxyl groups is 2. The van der Waals surface area contributed by atoms with Crippen molar-refractivity contribution in [2.45, 2.75) is 39.0 Å². The molecule has 2 N–H and O–H groups in total. The molecule has 5 nitrogen and oxygen atoms in total. The number of phenolic OH excluding ortho intramolecular Hbond substituents is 2. The number of hydrogen-bond donors (Lipinski definition) is 2. The Kier molecular flexibility index (Phi) is 7.33. The molecule has 0 bridgehead atoms. The van der Waals surface area contributed by atoms with E-state index in [-0.39, 0.29) is 29.5 Å². The summed E-state index contributed by atoms with van der Waals surface area (Å²) in [7, 11) is 1.58. The maximum absolute atomic E-state index is 12.4. The smallest absolute Gasteiger partial charge is 0.203 e. The molecule has 0 spiro atoms. The summed E-state index contributed by atoms with van der Waals surface area (Å²) in [6, 6.07) is 9.70. The molecular formula is C21H26O5. The third kappa shape index (κ3) is 5.41. The van der Waals surface area contributed by atoms with E-state index in [1.807, 2.05) is 0 Å². The van der Waals surface area contributed by atoms with Gasteiger partial charge in [0.05, 0.1) is 12.7 Å². The van der Waals surface area contributed by atoms with Gasteiger partial charge in [-0.1, -0.05) is 26.2 Å². The Morgan fingerprint density at radius 2 is 1.65 bits per heavy atom. The maximum Gasteiger partial charge on any atom is 0.203 e. The van der Waals surface area contributed by atoms with Gasteiger partial charge in [0.1, 0.15) is 23.0 Å². The van der Waals surface area contributed by atoms with E-state index in [1.165, 1.54) is 6.07 Å². The lowest BCUT2D eigenvalue weighted by molar-refractivity contribution is 0.0918. The first-order chi connectivity index (χ1) is 12.5. The molecule has 26 heavy (non-hydrogen) atoms. The highest BCUT2D eigenvalue weighted by molar-refractivity contribution is 6.00. The Morgan fingerprint density at radius 3 is 2.31 bits per heavy atom. The Bertz CT molecular complexity index is 722. The highest BCUT2D eigenvalue weighted by Gasteiger charge is 2.16. The number of Topliss-reactive ketones (excluding diaryl/α,β-unsaturated/α-hetero) is 1. The summed E-state index contributed by atoms with van der Waals surface area (Å²) in [5.74, 6) is 0.688. The Labute approximate surface area is 154 Å². The first-order valence-corrected chi connectivity index (χ1v) is 8.90. The molecule has 0 aromatic heterocycles. The molecule has 0 atom stereocenters. The van der Waals surface area contributed by atoms with Crippen LogP contribution in [0.5, 0.6) is 23.0 Å². The van der Waals surface area contributed by atoms with Crippen LogP contribution in [0.15, 0.2) is 36.4 Å². The zero-order chi connectivity index (χ0) is 18.9. The normalized spacial score (nSPS) is 10.5. The fourth-order valence-electron chi connectivity index (χ4n) is 2.69. The van der Waals surface area contributed by atoms with Crippen LogP contribution in [0.25, 0.3) is 0 Å². The molecule has 0 aliphatic heterocycles. The van der Waals surface area contributed by atoms with Gasteiger partial charge in [0, 0.05) is 6.07 Å². The fraction of sp³-hybridized carbons (Fsp3) is 0.381. The summed E-state index contributed by atoms with van der Waals surface area (Å²) in [5.41, 5.74) is 0.841. The molecule has 0 aliphatic carbocycles. The summed E-state index contributed by atoms with van der Waals surface area (Å²) in [5, 5.41) is 20.0. The number of ketones is 1. The Balaban J connectivity index is 2.02. The van der Waals surface area contributed by atoms with E-state index in [4.69, 9.17) is 9.47 Å². The minimum absolute atomic E-state index is 0.0200. The third-order valence-corrected chi connectivity index (χ3v) is 4.23. The van der Waals surface area contributed by atoms with Crippen LogP contribution < -0.4 is 9.47 Å². The van der Waals surface area contributed by atoms with Crippen LogP contribution in [0.4, 0.5) is 0 Å². The zero-order valence-corrected chi connectivity index (χ0v) is 15.3. The molecule has 2 rings (SSSR count). The van der Waals surface area contributed by atoms with Crippen molar-refractivity contribution in [1.82, 2.24) is 0 Å². The van der Waals surface area contributed by atoms with Crippen LogP contribution in [-0.2, 0) is 6.42 Å². The lowest BCUT2D eigenvalue weighted by Crippen LogP contribution is -2.12. The first-order valence-electron chi connectivity index (χ1n) is 8.90. The molecule has 5 heteroatoms. The number of methoxy groups -OCH3 is 1. The van der Waals surface area contributed by atoms with E-state index < -0.39 is 0 Å². The van der Waals surface area contributed by atoms with Crippen LogP contribution in [0.3, 0.4) is 0 Å². The van der Waals surface area contributed by atoms with Crippen LogP contribution in [-0.4, -0.2) is 29.7 Å². The van der Waals surface area contributed by atoms with Gasteiger partial charge in [-0.15, -0.1) is 0 Å². The lowest BCUT2D eigenvalue weighted by atomic mass is 10.0. The van der Waals surface area contributed by atoms with Gasteiger partial charge in [-0.05, 0) is 48.7 Å². The topological polar surface area (TPSA) is 76.0 Å². The van der Waals surface area contributed by atoms with Gasteiger partial charge in [0.25, 0.3) is 0 Å². The molecule has 140 valence electrons. The number of hydrogen-bond acceptors (Lipinski definition) is 5. The number of ether oxygens (including phenoxy) is 2. The van der Waals surface area contributed by atoms with Gasteiger partial charge in [-0.3, -0.25) is 4.79 Å². The van der Waals surface area contributed by atoms with Crippen LogP contribution in [0.2, 0.25) is 0 Å². The highest BCUT2D eigenvalue weighted by atomic mass is 16.5. The summed E-state index contributed by atoms with van der Waals surface area (Å²) < 4.78 is 10.6. The summed E-state index contributed by atoms with van der Waals surface area (Å²) in [6.07, 6.45) is 4.95. The monoisotopic (exact) mass is 358 g/mol. The second kappa shape index (κ2) is 9.70. The van der Waals surface area contributed by atoms with E-state index in [0.29, 0.717) is 23.5 Å². The highest BCUT2D eigenvalue weighted by Crippen LogP contribution is 2.29. The quantitative estimate of drug-likeness (QED) is 0.483. The molecular weight excluding hydrogens is 332 g/mol. The van der Waals surface area contributed by atoms with Crippen molar-refractivity contribution in [2.24, 2.45) is 0 Å². The minimum Gasteiger partial charge on any atom is -0.508 e. The SMILES string of the molecule is CCCCCCc1cc(C(=O)COc2ccc(OC)cc2)c(O)cc1O. The van der Waals surface area contributed by atoms with Gasteiger partial charge in [0.2, 0.25) is 5.78 Å². The first kappa shape index (κ1) is 19.6. The van der Waals surface area contributed by atoms with Crippen molar-refractivity contribution in [1.29, 1.82) is 0 Å². The van der Waals surface area contributed by atoms with Crippen molar-refractivity contribution in [3.05, 3.63) is 47.5 Å². The molecule has 0 amide bonds. The number of phenols is 2. The maximum atomic E-state index is 12.4. The molecule has 0 heterocycles. The number of unbranched alkanes of at least 4 members (excludes halogenated alkanes) is 3. The molecule has 0 saturated carbocycles. The minimum atomic E-state index is -0.340. The zero-order valence-electron chi connectivity index (χ0n) is 15.3. The fourth-order valence-corrected chi connectivity index (χ4v) is 2.69. The number of rotatable bonds is 10. The van der Waals surface area contributed by atoms with Crippen LogP contribution >= 0.6 is 0 Å². The van der Waals surface area contributed by atoms with E-state index >= 15 is 0 Å². The summed E-state index contributed by atoms with van der Waals surface area (Å²) >= 11 is 0. The molecule has 2 aromatic carbocycles. The third-order valence-electron chi connectivity index (χ3n) is 4.23. The average molecular weight is 358 g/mol. The van der Waals surface area contributed by atoms with Crippen LogP contribution in [0, 0.1) is 0 Å². The van der Waals surface area contributed by atoms with Crippen molar-refractivity contribution in [3.63, 3.8) is 0 Å². The number of carbonyl (C=O) groups excluding carboxylic acids is 1. The Morgan fingerprint density at radius 1 is 0.962 bits per heavy atom. The van der Waals surface area contributed by atoms with Gasteiger partial charge in [-0.2, -0.15) is 0 Å². The van der Waals surface area contributed by atoms with E-state index in [9.17, 15) is 15.0 Å². The predicted molar refractivity (Wildman–Crippen MR) is 100 cm³/mol. The largest absolute Gasteiger partial charge is 0.508 e. The van der Waals surface area contributed by atoms with Crippen molar-refractivity contribution in [2.75, 3.05) is 13.7 Å². The number of carbonyl (C=O) groups is 1. The summed E-state index contributed by atoms with van der Waals surface area (Å²) in [4.78, 5) is 12.4. The van der Waals surface area contributed by atoms with Crippen molar-refractivity contribution >= 4 is 5.78 Å². The molecule has 0 fully saturated rings. The molecule has 0 aliphatic rings. The van der Waals surface area contributed by atoms with E-state index in [2.05, 4.69) is 6.92 Å². The van der Waals surface area contributed by atoms with Crippen LogP contribution in [0.1, 0.15) is 48.5 Å². The molecule has 0 radical (unpaired) electrons. The molecule has 0 unspecified atom stereocenters. The van der Waals surface area contributed by atoms with Crippen molar-refractivity contribution in [3.8, 4) is 23.0 Å². The second-order valence-corrected chi connectivity index (χ2v) is 6.20. The standard InChI is InChI=1S/C21H26O5/c1-3-4-5-6-7-15-12-18(20(23)13-19(15)22)21(24)14-26-17-10-8-16(25-2)9-11-17/h8-13,22-23H,3-7,14H2,1-2H3. The predicted octanol–water partition coefficient (Wildman–Crippen LogP) is 4.49. The second-order valence-electron chi connectivity index (χ2n) is 6.20. The van der Waals surface area contributed by atoms with Gasteiger partial charge < -0.3 is 19.7 Å². The lowest BCUT2D eigenvalue weighted by Gasteiger charge is -2.11. The number of aryl methyl sites for hydroxylation is 1. The van der Waals surface area contributed by atoms with Gasteiger partial charge in [-0.25, -0.2) is 0 Å². The van der Waals surface area contributed by atoms with Gasteiger partial charge >= 0.3 is 0 Å². The van der Waals surface area contributed by atoms with Crippen molar-refractivity contribution < 1.29 is 24.5 Å². The van der Waals surface area contributed by atoms with Gasteiger partial charge in [0.15, 0.2) is 6.61 Å². The van der Waals surface area contributed by atoms with E-state index in [0.717, 1.165) is 25.7 Å². The summed E-state index contributed by atoms with van der Waals surface area (Å²) in [6.45, 7) is 1.94. The average Bonchev–Trinajstić information content (AvgIpc) is 2.65. The molecule has 2 aromatic rings. The number of benzene rings is 2.